The average Bonchev–Trinajstić information content (AvgIpc) is 2.73. The van der Waals surface area contributed by atoms with Crippen LogP contribution >= 0.6 is 0 Å². The number of aryl methyl sites for hydroxylation is 2. The number of carbonyl (C=O) groups excluding carboxylic acids is 1. The minimum Gasteiger partial charge on any atom is -0.493 e. The summed E-state index contributed by atoms with van der Waals surface area (Å²) in [5, 5.41) is 2.61. The Morgan fingerprint density at radius 2 is 1.69 bits per heavy atom. The van der Waals surface area contributed by atoms with E-state index in [2.05, 4.69) is 10.3 Å². The van der Waals surface area contributed by atoms with Crippen LogP contribution in [0, 0.1) is 13.8 Å². The first kappa shape index (κ1) is 23.1. The van der Waals surface area contributed by atoms with Crippen LogP contribution in [0.25, 0.3) is 11.0 Å². The van der Waals surface area contributed by atoms with Crippen molar-refractivity contribution in [2.45, 2.75) is 33.0 Å². The number of carbonyl (C=O) groups is 1. The van der Waals surface area contributed by atoms with E-state index in [9.17, 15) is 22.8 Å². The molecule has 1 heterocycles. The summed E-state index contributed by atoms with van der Waals surface area (Å²) in [6, 6.07) is 6.39. The van der Waals surface area contributed by atoms with Gasteiger partial charge in [-0.3, -0.25) is 14.2 Å². The maximum absolute atomic E-state index is 13.5. The van der Waals surface area contributed by atoms with Crippen LogP contribution in [-0.2, 0) is 11.0 Å². The molecule has 1 unspecified atom stereocenters. The first-order chi connectivity index (χ1) is 15.0. The second-order valence-electron chi connectivity index (χ2n) is 7.29. The summed E-state index contributed by atoms with van der Waals surface area (Å²) in [5.41, 5.74) is -1.05. The Bertz CT molecular complexity index is 1250. The molecule has 0 aliphatic carbocycles. The van der Waals surface area contributed by atoms with Gasteiger partial charge in [-0.15, -0.1) is 0 Å². The molecular formula is C22H22F3N3O4. The number of hydrogen-bond donors (Lipinski definition) is 1. The fourth-order valence-corrected chi connectivity index (χ4v) is 3.31. The Morgan fingerprint density at radius 1 is 1.06 bits per heavy atom. The highest BCUT2D eigenvalue weighted by molar-refractivity contribution is 5.95. The van der Waals surface area contributed by atoms with Gasteiger partial charge in [-0.25, -0.2) is 4.98 Å². The SMILES string of the molecule is COc1ccc(NC(=O)C(C)n2c(=O)c(C(F)(F)F)nc3cc(C)c(C)cc32)cc1OC. The largest absolute Gasteiger partial charge is 0.493 e. The third-order valence-corrected chi connectivity index (χ3v) is 5.19. The van der Waals surface area contributed by atoms with Gasteiger partial charge in [0.1, 0.15) is 6.04 Å². The Labute approximate surface area is 181 Å². The van der Waals surface area contributed by atoms with Gasteiger partial charge in [-0.2, -0.15) is 13.2 Å². The number of fused-ring (bicyclic) bond motifs is 1. The molecule has 3 aromatic rings. The molecule has 0 spiro atoms. The molecule has 1 atom stereocenters. The Balaban J connectivity index is 2.11. The fourth-order valence-electron chi connectivity index (χ4n) is 3.31. The van der Waals surface area contributed by atoms with Crippen LogP contribution in [0.5, 0.6) is 11.5 Å². The number of amides is 1. The second kappa shape index (κ2) is 8.52. The number of nitrogens with zero attached hydrogens (tertiary/aromatic N) is 2. The Hall–Kier alpha value is -3.56. The van der Waals surface area contributed by atoms with Gasteiger partial charge < -0.3 is 14.8 Å². The molecule has 1 aromatic heterocycles. The van der Waals surface area contributed by atoms with E-state index in [0.717, 1.165) is 10.1 Å². The van der Waals surface area contributed by atoms with E-state index in [1.54, 1.807) is 32.0 Å². The molecule has 32 heavy (non-hydrogen) atoms. The van der Waals surface area contributed by atoms with E-state index in [1.807, 2.05) is 0 Å². The van der Waals surface area contributed by atoms with Crippen molar-refractivity contribution in [1.29, 1.82) is 0 Å². The molecule has 0 radical (unpaired) electrons. The minimum atomic E-state index is -4.97. The lowest BCUT2D eigenvalue weighted by Gasteiger charge is -2.20. The molecule has 3 rings (SSSR count). The number of methoxy groups -OCH3 is 2. The maximum atomic E-state index is 13.5. The van der Waals surface area contributed by atoms with Crippen molar-refractivity contribution in [2.75, 3.05) is 19.5 Å². The number of alkyl halides is 3. The quantitative estimate of drug-likeness (QED) is 0.630. The zero-order valence-electron chi connectivity index (χ0n) is 18.1. The molecule has 2 aromatic carbocycles. The molecule has 0 bridgehead atoms. The number of anilines is 1. The van der Waals surface area contributed by atoms with Gasteiger partial charge in [-0.1, -0.05) is 0 Å². The van der Waals surface area contributed by atoms with Crippen molar-refractivity contribution in [2.24, 2.45) is 0 Å². The summed E-state index contributed by atoms with van der Waals surface area (Å²) >= 11 is 0. The molecule has 0 saturated carbocycles. The number of rotatable bonds is 5. The summed E-state index contributed by atoms with van der Waals surface area (Å²) in [4.78, 5) is 29.3. The van der Waals surface area contributed by atoms with Crippen LogP contribution in [0.1, 0.15) is 29.8 Å². The highest BCUT2D eigenvalue weighted by Crippen LogP contribution is 2.31. The lowest BCUT2D eigenvalue weighted by atomic mass is 10.1. The summed E-state index contributed by atoms with van der Waals surface area (Å²) in [5.74, 6) is 0.115. The van der Waals surface area contributed by atoms with Gasteiger partial charge >= 0.3 is 6.18 Å². The van der Waals surface area contributed by atoms with Crippen molar-refractivity contribution in [3.8, 4) is 11.5 Å². The minimum absolute atomic E-state index is 0.0224. The van der Waals surface area contributed by atoms with Gasteiger partial charge in [0.05, 0.1) is 25.3 Å². The standard InChI is InChI=1S/C22H22F3N3O4/c1-11-8-15-16(9-12(11)2)28(21(30)19(27-15)22(23,24)25)13(3)20(29)26-14-6-7-17(31-4)18(10-14)32-5/h6-10,13H,1-5H3,(H,26,29). The second-order valence-corrected chi connectivity index (χ2v) is 7.29. The van der Waals surface area contributed by atoms with E-state index in [4.69, 9.17) is 9.47 Å². The lowest BCUT2D eigenvalue weighted by molar-refractivity contribution is -0.142. The molecule has 1 amide bonds. The molecule has 0 aliphatic heterocycles. The van der Waals surface area contributed by atoms with Crippen molar-refractivity contribution in [3.63, 3.8) is 0 Å². The third-order valence-electron chi connectivity index (χ3n) is 5.19. The van der Waals surface area contributed by atoms with E-state index in [-0.39, 0.29) is 11.0 Å². The van der Waals surface area contributed by atoms with E-state index >= 15 is 0 Å². The van der Waals surface area contributed by atoms with Crippen LogP contribution in [0.3, 0.4) is 0 Å². The van der Waals surface area contributed by atoms with Gasteiger partial charge in [0, 0.05) is 11.8 Å². The molecule has 1 N–H and O–H groups in total. The first-order valence-electron chi connectivity index (χ1n) is 9.61. The van der Waals surface area contributed by atoms with Gasteiger partial charge in [-0.05, 0) is 56.2 Å². The third kappa shape index (κ3) is 4.25. The topological polar surface area (TPSA) is 82.5 Å². The number of ether oxygens (including phenoxy) is 2. The number of hydrogen-bond acceptors (Lipinski definition) is 5. The Morgan fingerprint density at radius 3 is 2.28 bits per heavy atom. The Kier molecular flexibility index (Phi) is 6.16. The fraction of sp³-hybridized carbons (Fsp3) is 0.318. The van der Waals surface area contributed by atoms with Crippen LogP contribution in [0.2, 0.25) is 0 Å². The van der Waals surface area contributed by atoms with E-state index < -0.39 is 29.4 Å². The molecule has 0 saturated heterocycles. The molecule has 7 nitrogen and oxygen atoms in total. The zero-order valence-corrected chi connectivity index (χ0v) is 18.1. The number of halogens is 3. The van der Waals surface area contributed by atoms with Crippen LogP contribution in [-0.4, -0.2) is 29.7 Å². The number of benzene rings is 2. The summed E-state index contributed by atoms with van der Waals surface area (Å²) in [6.45, 7) is 4.84. The van der Waals surface area contributed by atoms with E-state index in [0.29, 0.717) is 22.7 Å². The highest BCUT2D eigenvalue weighted by atomic mass is 19.4. The van der Waals surface area contributed by atoms with Gasteiger partial charge in [0.25, 0.3) is 5.56 Å². The smallest absolute Gasteiger partial charge is 0.438 e. The lowest BCUT2D eigenvalue weighted by Crippen LogP contribution is -2.36. The molecular weight excluding hydrogens is 427 g/mol. The highest BCUT2D eigenvalue weighted by Gasteiger charge is 2.38. The summed E-state index contributed by atoms with van der Waals surface area (Å²) in [6.07, 6.45) is -4.97. The van der Waals surface area contributed by atoms with Crippen molar-refractivity contribution < 1.29 is 27.4 Å². The average molecular weight is 449 g/mol. The van der Waals surface area contributed by atoms with Gasteiger partial charge in [0.15, 0.2) is 11.5 Å². The molecule has 0 fully saturated rings. The zero-order chi connectivity index (χ0) is 23.8. The predicted octanol–water partition coefficient (Wildman–Crippen LogP) is 4.25. The molecule has 10 heteroatoms. The summed E-state index contributed by atoms with van der Waals surface area (Å²) in [7, 11) is 2.89. The number of nitrogens with one attached hydrogen (secondary N) is 1. The first-order valence-corrected chi connectivity index (χ1v) is 9.61. The van der Waals surface area contributed by atoms with Crippen LogP contribution < -0.4 is 20.3 Å². The monoisotopic (exact) mass is 449 g/mol. The number of aromatic nitrogens is 2. The van der Waals surface area contributed by atoms with Crippen LogP contribution in [0.15, 0.2) is 35.1 Å². The van der Waals surface area contributed by atoms with E-state index in [1.165, 1.54) is 33.3 Å². The normalized spacial score (nSPS) is 12.5. The van der Waals surface area contributed by atoms with Crippen molar-refractivity contribution >= 4 is 22.6 Å². The van der Waals surface area contributed by atoms with Crippen molar-refractivity contribution in [3.05, 3.63) is 57.5 Å². The maximum Gasteiger partial charge on any atom is 0.438 e. The predicted molar refractivity (Wildman–Crippen MR) is 113 cm³/mol. The van der Waals surface area contributed by atoms with Crippen molar-refractivity contribution in [1.82, 2.24) is 9.55 Å². The van der Waals surface area contributed by atoms with Gasteiger partial charge in [0.2, 0.25) is 11.6 Å². The summed E-state index contributed by atoms with van der Waals surface area (Å²) < 4.78 is 51.7. The van der Waals surface area contributed by atoms with Crippen LogP contribution in [0.4, 0.5) is 18.9 Å². The molecule has 170 valence electrons. The molecule has 0 aliphatic rings.